The summed E-state index contributed by atoms with van der Waals surface area (Å²) in [6, 6.07) is 30.3. The molecule has 1 aliphatic rings. The standard InChI is InChI=1S/C37H38N4O6.C6H8F2N2/c38-14-18-45-19-20-46-25-36(43)41-31(22-26-5-6-27-3-1-2-4-29(27)21-26)24-47-32-10-7-28(8-11-32)30-9-12-35-34(23-30)33(13-15-39-35)37(44)40-16-17-42;1-10-4-6(7,8)2-5(10)3-9/h1-13,15,17,21,23,31H,14,16,18-20,22,24-25,38H2,(H,40,44)(H,41,43);5H,2,4H2,1H3. The number of nitrogens with one attached hydrogen (secondary N) is 2. The Hall–Kier alpha value is -5.85. The minimum Gasteiger partial charge on any atom is -0.491 e. The molecule has 4 aromatic carbocycles. The fourth-order valence-corrected chi connectivity index (χ4v) is 6.36. The second-order valence-corrected chi connectivity index (χ2v) is 13.5. The van der Waals surface area contributed by atoms with Gasteiger partial charge >= 0.3 is 0 Å². The van der Waals surface area contributed by atoms with Gasteiger partial charge in [0.1, 0.15) is 31.3 Å². The lowest BCUT2D eigenvalue weighted by atomic mass is 10.0. The number of ether oxygens (including phenoxy) is 3. The van der Waals surface area contributed by atoms with E-state index in [9.17, 15) is 23.2 Å². The van der Waals surface area contributed by atoms with E-state index in [-0.39, 0.29) is 50.6 Å². The molecule has 0 saturated carbocycles. The number of aromatic nitrogens is 1. The molecule has 0 aliphatic carbocycles. The van der Waals surface area contributed by atoms with Gasteiger partial charge in [-0.3, -0.25) is 19.5 Å². The van der Waals surface area contributed by atoms with E-state index in [1.54, 1.807) is 12.3 Å². The van der Waals surface area contributed by atoms with E-state index in [2.05, 4.69) is 45.9 Å². The fourth-order valence-electron chi connectivity index (χ4n) is 6.36. The zero-order valence-corrected chi connectivity index (χ0v) is 31.7. The van der Waals surface area contributed by atoms with Crippen molar-refractivity contribution in [3.63, 3.8) is 0 Å². The smallest absolute Gasteiger partial charge is 0.263 e. The number of pyridine rings is 1. The van der Waals surface area contributed by atoms with E-state index in [0.29, 0.717) is 61.3 Å². The summed E-state index contributed by atoms with van der Waals surface area (Å²) in [7, 11) is 1.54. The summed E-state index contributed by atoms with van der Waals surface area (Å²) in [5, 5.41) is 17.0. The molecule has 2 atom stereocenters. The SMILES string of the molecule is CN1CC(F)(F)CC1C#N.NCCOCCOCC(=O)NC(COc1ccc(-c2ccc3nccc(C(=O)NCC=O)c3c2)cc1)Cc1ccc2ccccc2c1. The van der Waals surface area contributed by atoms with Gasteiger partial charge in [0.15, 0.2) is 0 Å². The fraction of sp³-hybridized carbons (Fsp3) is 0.326. The van der Waals surface area contributed by atoms with Crippen LogP contribution in [0.25, 0.3) is 32.8 Å². The normalized spacial score (nSPS) is 15.2. The molecule has 298 valence electrons. The zero-order chi connectivity index (χ0) is 40.6. The summed E-state index contributed by atoms with van der Waals surface area (Å²) in [5.41, 5.74) is 9.45. The lowest BCUT2D eigenvalue weighted by molar-refractivity contribution is -0.127. The highest BCUT2D eigenvalue weighted by Crippen LogP contribution is 2.30. The summed E-state index contributed by atoms with van der Waals surface area (Å²) >= 11 is 0. The van der Waals surface area contributed by atoms with Crippen molar-refractivity contribution in [2.24, 2.45) is 5.73 Å². The minimum atomic E-state index is -2.66. The number of nitriles is 1. The third-order valence-electron chi connectivity index (χ3n) is 9.15. The third-order valence-corrected chi connectivity index (χ3v) is 9.15. The first-order valence-corrected chi connectivity index (χ1v) is 18.5. The molecule has 1 aromatic heterocycles. The highest BCUT2D eigenvalue weighted by atomic mass is 19.3. The molecule has 4 N–H and O–H groups in total. The Kier molecular flexibility index (Phi) is 15.5. The topological polar surface area (TPSA) is 169 Å². The predicted octanol–water partition coefficient (Wildman–Crippen LogP) is 4.93. The van der Waals surface area contributed by atoms with Gasteiger partial charge in [0.2, 0.25) is 5.91 Å². The number of amides is 2. The van der Waals surface area contributed by atoms with E-state index >= 15 is 0 Å². The van der Waals surface area contributed by atoms with E-state index < -0.39 is 12.0 Å². The van der Waals surface area contributed by atoms with Crippen LogP contribution in [0.3, 0.4) is 0 Å². The summed E-state index contributed by atoms with van der Waals surface area (Å²) in [6.45, 7) is 1.37. The van der Waals surface area contributed by atoms with E-state index in [4.69, 9.17) is 25.2 Å². The molecule has 6 rings (SSSR count). The maximum Gasteiger partial charge on any atom is 0.263 e. The van der Waals surface area contributed by atoms with Gasteiger partial charge in [0.25, 0.3) is 11.8 Å². The Morgan fingerprint density at radius 1 is 1.00 bits per heavy atom. The average molecular weight is 781 g/mol. The number of hydrogen-bond acceptors (Lipinski definition) is 10. The molecule has 2 heterocycles. The lowest BCUT2D eigenvalue weighted by Crippen LogP contribution is -2.42. The Bertz CT molecular complexity index is 2160. The van der Waals surface area contributed by atoms with Crippen molar-refractivity contribution in [1.82, 2.24) is 20.5 Å². The highest BCUT2D eigenvalue weighted by Gasteiger charge is 2.43. The molecule has 57 heavy (non-hydrogen) atoms. The molecule has 12 nitrogen and oxygen atoms in total. The van der Waals surface area contributed by atoms with Gasteiger partial charge in [0, 0.05) is 24.5 Å². The number of nitrogens with two attached hydrogens (primary N) is 1. The van der Waals surface area contributed by atoms with Gasteiger partial charge in [-0.15, -0.1) is 0 Å². The number of halogens is 2. The van der Waals surface area contributed by atoms with E-state index in [0.717, 1.165) is 27.5 Å². The molecule has 1 aliphatic heterocycles. The maximum absolute atomic E-state index is 12.8. The first-order valence-electron chi connectivity index (χ1n) is 18.5. The van der Waals surface area contributed by atoms with E-state index in [1.165, 1.54) is 11.9 Å². The van der Waals surface area contributed by atoms with Crippen molar-refractivity contribution >= 4 is 39.8 Å². The molecule has 5 aromatic rings. The van der Waals surface area contributed by atoms with Crippen molar-refractivity contribution in [2.45, 2.75) is 30.8 Å². The predicted molar refractivity (Wildman–Crippen MR) is 213 cm³/mol. The van der Waals surface area contributed by atoms with Crippen molar-refractivity contribution in [2.75, 3.05) is 59.7 Å². The van der Waals surface area contributed by atoms with Gasteiger partial charge in [-0.2, -0.15) is 5.26 Å². The van der Waals surface area contributed by atoms with E-state index in [1.807, 2.05) is 60.7 Å². The van der Waals surface area contributed by atoms with Crippen molar-refractivity contribution in [1.29, 1.82) is 5.26 Å². The lowest BCUT2D eigenvalue weighted by Gasteiger charge is -2.20. The van der Waals surface area contributed by atoms with Crippen LogP contribution in [-0.2, 0) is 25.5 Å². The van der Waals surface area contributed by atoms with Crippen LogP contribution in [0.1, 0.15) is 22.3 Å². The van der Waals surface area contributed by atoms with Gasteiger partial charge in [0.05, 0.1) is 56.1 Å². The minimum absolute atomic E-state index is 0.0601. The number of carbonyl (C=O) groups is 3. The largest absolute Gasteiger partial charge is 0.491 e. The van der Waals surface area contributed by atoms with Gasteiger partial charge in [-0.25, -0.2) is 8.78 Å². The second kappa shape index (κ2) is 20.9. The highest BCUT2D eigenvalue weighted by molar-refractivity contribution is 6.07. The third kappa shape index (κ3) is 12.6. The molecule has 0 radical (unpaired) electrons. The number of likely N-dealkylation sites (tertiary alicyclic amines) is 1. The molecule has 1 fully saturated rings. The number of fused-ring (bicyclic) bond motifs is 2. The molecular weight excluding hydrogens is 735 g/mol. The average Bonchev–Trinajstić information content (AvgIpc) is 3.50. The van der Waals surface area contributed by atoms with Crippen LogP contribution in [0.5, 0.6) is 5.75 Å². The Labute approximate surface area is 329 Å². The molecule has 2 unspecified atom stereocenters. The number of hydrogen-bond donors (Lipinski definition) is 3. The maximum atomic E-state index is 12.8. The number of carbonyl (C=O) groups excluding carboxylic acids is 3. The summed E-state index contributed by atoms with van der Waals surface area (Å²) in [5.74, 6) is -2.58. The van der Waals surface area contributed by atoms with Crippen molar-refractivity contribution < 1.29 is 37.4 Å². The Balaban J connectivity index is 0.000000540. The van der Waals surface area contributed by atoms with Gasteiger partial charge < -0.3 is 35.4 Å². The van der Waals surface area contributed by atoms with Crippen LogP contribution >= 0.6 is 0 Å². The van der Waals surface area contributed by atoms with Gasteiger partial charge in [-0.05, 0) is 71.3 Å². The molecular formula is C43H46F2N6O6. The van der Waals surface area contributed by atoms with Crippen molar-refractivity contribution in [3.05, 3.63) is 108 Å². The Morgan fingerprint density at radius 3 is 2.46 bits per heavy atom. The number of benzene rings is 4. The van der Waals surface area contributed by atoms with Crippen LogP contribution in [0, 0.1) is 11.3 Å². The van der Waals surface area contributed by atoms with Crippen LogP contribution in [0.2, 0.25) is 0 Å². The monoisotopic (exact) mass is 780 g/mol. The number of rotatable bonds is 17. The molecule has 0 bridgehead atoms. The summed E-state index contributed by atoms with van der Waals surface area (Å²) in [6.07, 6.45) is 2.47. The van der Waals surface area contributed by atoms with Crippen LogP contribution < -0.4 is 21.1 Å². The molecule has 1 saturated heterocycles. The molecule has 2 amide bonds. The number of nitrogens with zero attached hydrogens (tertiary/aromatic N) is 3. The quantitative estimate of drug-likeness (QED) is 0.0870. The van der Waals surface area contributed by atoms with Gasteiger partial charge in [-0.1, -0.05) is 60.7 Å². The first-order chi connectivity index (χ1) is 27.6. The van der Waals surface area contributed by atoms with Crippen LogP contribution in [-0.4, -0.2) is 106 Å². The summed E-state index contributed by atoms with van der Waals surface area (Å²) < 4.78 is 41.8. The summed E-state index contributed by atoms with van der Waals surface area (Å²) in [4.78, 5) is 41.9. The molecule has 14 heteroatoms. The zero-order valence-electron chi connectivity index (χ0n) is 31.7. The molecule has 0 spiro atoms. The number of aldehydes is 1. The second-order valence-electron chi connectivity index (χ2n) is 13.5. The Morgan fingerprint density at radius 2 is 1.75 bits per heavy atom. The van der Waals surface area contributed by atoms with Crippen molar-refractivity contribution in [3.8, 4) is 22.9 Å². The first kappa shape index (κ1) is 42.3. The van der Waals surface area contributed by atoms with Crippen LogP contribution in [0.15, 0.2) is 97.2 Å². The van der Waals surface area contributed by atoms with Crippen LogP contribution in [0.4, 0.5) is 8.78 Å². The number of alkyl halides is 2.